The monoisotopic (exact) mass is 362 g/mol. The molecule has 0 bridgehead atoms. The number of thioether (sulfide) groups is 2. The maximum atomic E-state index is 12.8. The second-order valence-corrected chi connectivity index (χ2v) is 7.05. The largest absolute Gasteiger partial charge is 0.415 e. The summed E-state index contributed by atoms with van der Waals surface area (Å²) in [6, 6.07) is 11.4. The van der Waals surface area contributed by atoms with E-state index >= 15 is 0 Å². The van der Waals surface area contributed by atoms with Crippen LogP contribution in [-0.2, 0) is 10.5 Å². The van der Waals surface area contributed by atoms with Crippen molar-refractivity contribution in [2.24, 2.45) is 0 Å². The standard InChI is InChI=1S/C16H18N4O2S2/c1-12(24-16-19-18-14(22-16)11-23-2)15(21)20(10-6-9-17)13-7-4-3-5-8-13/h3-5,7-8,12H,6,10-11H2,1-2H3. The van der Waals surface area contributed by atoms with Gasteiger partial charge in [0.05, 0.1) is 23.5 Å². The molecule has 8 heteroatoms. The van der Waals surface area contributed by atoms with Gasteiger partial charge < -0.3 is 9.32 Å². The maximum absolute atomic E-state index is 12.8. The van der Waals surface area contributed by atoms with E-state index in [9.17, 15) is 4.79 Å². The van der Waals surface area contributed by atoms with E-state index in [0.717, 1.165) is 5.69 Å². The van der Waals surface area contributed by atoms with Gasteiger partial charge in [0.25, 0.3) is 5.22 Å². The number of para-hydroxylation sites is 1. The summed E-state index contributed by atoms with van der Waals surface area (Å²) in [7, 11) is 0. The average molecular weight is 362 g/mol. The lowest BCUT2D eigenvalue weighted by Crippen LogP contribution is -2.37. The molecule has 1 unspecified atom stereocenters. The van der Waals surface area contributed by atoms with Crippen molar-refractivity contribution in [1.29, 1.82) is 5.26 Å². The Kier molecular flexibility index (Phi) is 7.15. The number of amides is 1. The summed E-state index contributed by atoms with van der Waals surface area (Å²) in [5, 5.41) is 16.7. The number of benzene rings is 1. The number of rotatable bonds is 8. The second-order valence-electron chi connectivity index (χ2n) is 4.89. The SMILES string of the molecule is CSCc1nnc(SC(C)C(=O)N(CCC#N)c2ccccc2)o1. The highest BCUT2D eigenvalue weighted by molar-refractivity contribution is 8.00. The molecule has 2 aromatic rings. The molecule has 0 fully saturated rings. The van der Waals surface area contributed by atoms with Crippen molar-refractivity contribution in [2.45, 2.75) is 29.6 Å². The van der Waals surface area contributed by atoms with E-state index in [2.05, 4.69) is 16.3 Å². The van der Waals surface area contributed by atoms with Crippen LogP contribution in [0.25, 0.3) is 0 Å². The molecule has 0 aliphatic rings. The minimum absolute atomic E-state index is 0.0916. The van der Waals surface area contributed by atoms with Gasteiger partial charge in [-0.3, -0.25) is 4.79 Å². The number of aromatic nitrogens is 2. The predicted molar refractivity (Wildman–Crippen MR) is 95.9 cm³/mol. The van der Waals surface area contributed by atoms with Crippen molar-refractivity contribution in [1.82, 2.24) is 10.2 Å². The number of nitriles is 1. The number of nitrogens with zero attached hydrogens (tertiary/aromatic N) is 4. The summed E-state index contributed by atoms with van der Waals surface area (Å²) in [6.45, 7) is 2.15. The van der Waals surface area contributed by atoms with Crippen LogP contribution in [0.15, 0.2) is 40.0 Å². The fraction of sp³-hybridized carbons (Fsp3) is 0.375. The van der Waals surface area contributed by atoms with E-state index in [0.29, 0.717) is 23.4 Å². The third-order valence-electron chi connectivity index (χ3n) is 3.12. The van der Waals surface area contributed by atoms with E-state index in [4.69, 9.17) is 9.68 Å². The minimum Gasteiger partial charge on any atom is -0.415 e. The van der Waals surface area contributed by atoms with Crippen molar-refractivity contribution >= 4 is 35.1 Å². The van der Waals surface area contributed by atoms with Gasteiger partial charge in [-0.25, -0.2) is 0 Å². The molecule has 0 N–H and O–H groups in total. The lowest BCUT2D eigenvalue weighted by atomic mass is 10.2. The molecule has 2 rings (SSSR count). The van der Waals surface area contributed by atoms with Crippen molar-refractivity contribution in [2.75, 3.05) is 17.7 Å². The molecule has 126 valence electrons. The fourth-order valence-corrected chi connectivity index (χ4v) is 3.15. The molecule has 0 saturated carbocycles. The molecule has 6 nitrogen and oxygen atoms in total. The van der Waals surface area contributed by atoms with Gasteiger partial charge in [0.1, 0.15) is 0 Å². The molecule has 1 atom stereocenters. The second kappa shape index (κ2) is 9.35. The summed E-state index contributed by atoms with van der Waals surface area (Å²) in [5.41, 5.74) is 0.777. The highest BCUT2D eigenvalue weighted by Gasteiger charge is 2.24. The summed E-state index contributed by atoms with van der Waals surface area (Å²) in [4.78, 5) is 14.4. The maximum Gasteiger partial charge on any atom is 0.277 e. The van der Waals surface area contributed by atoms with Crippen LogP contribution in [0.5, 0.6) is 0 Å². The Balaban J connectivity index is 2.08. The van der Waals surface area contributed by atoms with Gasteiger partial charge in [0.2, 0.25) is 11.8 Å². The molecule has 0 aliphatic carbocycles. The van der Waals surface area contributed by atoms with Gasteiger partial charge in [-0.1, -0.05) is 30.0 Å². The first-order valence-corrected chi connectivity index (χ1v) is 9.64. The van der Waals surface area contributed by atoms with Crippen LogP contribution >= 0.6 is 23.5 Å². The predicted octanol–water partition coefficient (Wildman–Crippen LogP) is 3.36. The smallest absolute Gasteiger partial charge is 0.277 e. The fourth-order valence-electron chi connectivity index (χ4n) is 2.02. The molecule has 24 heavy (non-hydrogen) atoms. The Hall–Kier alpha value is -1.98. The molecular weight excluding hydrogens is 344 g/mol. The van der Waals surface area contributed by atoms with Gasteiger partial charge >= 0.3 is 0 Å². The Labute approximate surface area is 149 Å². The first-order chi connectivity index (χ1) is 11.7. The summed E-state index contributed by atoms with van der Waals surface area (Å²) < 4.78 is 5.51. The number of hydrogen-bond donors (Lipinski definition) is 0. The van der Waals surface area contributed by atoms with Crippen molar-refractivity contribution in [3.8, 4) is 6.07 Å². The van der Waals surface area contributed by atoms with Gasteiger partial charge in [0, 0.05) is 12.2 Å². The van der Waals surface area contributed by atoms with E-state index in [-0.39, 0.29) is 12.3 Å². The van der Waals surface area contributed by atoms with Crippen LogP contribution < -0.4 is 4.90 Å². The van der Waals surface area contributed by atoms with Crippen LogP contribution in [0.2, 0.25) is 0 Å². The zero-order chi connectivity index (χ0) is 17.4. The molecule has 0 radical (unpaired) electrons. The zero-order valence-electron chi connectivity index (χ0n) is 13.5. The molecule has 0 spiro atoms. The molecule has 1 aromatic heterocycles. The average Bonchev–Trinajstić information content (AvgIpc) is 3.03. The third kappa shape index (κ3) is 5.01. The molecule has 0 saturated heterocycles. The lowest BCUT2D eigenvalue weighted by molar-refractivity contribution is -0.117. The summed E-state index contributed by atoms with van der Waals surface area (Å²) >= 11 is 2.82. The number of hydrogen-bond acceptors (Lipinski definition) is 7. The highest BCUT2D eigenvalue weighted by Crippen LogP contribution is 2.26. The summed E-state index contributed by atoms with van der Waals surface area (Å²) in [6.07, 6.45) is 2.23. The number of anilines is 1. The van der Waals surface area contributed by atoms with Gasteiger partial charge in [-0.05, 0) is 25.3 Å². The van der Waals surface area contributed by atoms with Crippen molar-refractivity contribution in [3.63, 3.8) is 0 Å². The molecule has 1 heterocycles. The normalized spacial score (nSPS) is 11.7. The van der Waals surface area contributed by atoms with Gasteiger partial charge in [-0.15, -0.1) is 10.2 Å². The Morgan fingerprint density at radius 3 is 2.79 bits per heavy atom. The Morgan fingerprint density at radius 2 is 2.12 bits per heavy atom. The van der Waals surface area contributed by atoms with E-state index in [1.807, 2.05) is 36.6 Å². The van der Waals surface area contributed by atoms with Crippen molar-refractivity contribution < 1.29 is 9.21 Å². The Morgan fingerprint density at radius 1 is 1.38 bits per heavy atom. The van der Waals surface area contributed by atoms with Gasteiger partial charge in [-0.2, -0.15) is 17.0 Å². The van der Waals surface area contributed by atoms with Crippen LogP contribution in [-0.4, -0.2) is 34.2 Å². The van der Waals surface area contributed by atoms with E-state index in [1.54, 1.807) is 23.6 Å². The molecule has 1 amide bonds. The highest BCUT2D eigenvalue weighted by atomic mass is 32.2. The van der Waals surface area contributed by atoms with Crippen LogP contribution in [0.3, 0.4) is 0 Å². The molecular formula is C16H18N4O2S2. The zero-order valence-corrected chi connectivity index (χ0v) is 15.1. The topological polar surface area (TPSA) is 83.0 Å². The number of carbonyl (C=O) groups is 1. The summed E-state index contributed by atoms with van der Waals surface area (Å²) in [5.74, 6) is 1.11. The quantitative estimate of drug-likeness (QED) is 0.666. The number of carbonyl (C=O) groups excluding carboxylic acids is 1. The minimum atomic E-state index is -0.397. The van der Waals surface area contributed by atoms with Crippen LogP contribution in [0, 0.1) is 11.3 Å². The molecule has 0 aliphatic heterocycles. The van der Waals surface area contributed by atoms with Gasteiger partial charge in [0.15, 0.2) is 0 Å². The van der Waals surface area contributed by atoms with Crippen LogP contribution in [0.1, 0.15) is 19.2 Å². The molecule has 1 aromatic carbocycles. The van der Waals surface area contributed by atoms with Crippen LogP contribution in [0.4, 0.5) is 5.69 Å². The first-order valence-electron chi connectivity index (χ1n) is 7.37. The third-order valence-corrected chi connectivity index (χ3v) is 4.58. The Bertz CT molecular complexity index is 700. The first kappa shape index (κ1) is 18.4. The lowest BCUT2D eigenvalue weighted by Gasteiger charge is -2.24. The van der Waals surface area contributed by atoms with E-state index in [1.165, 1.54) is 11.8 Å². The van der Waals surface area contributed by atoms with Crippen molar-refractivity contribution in [3.05, 3.63) is 36.2 Å². The van der Waals surface area contributed by atoms with E-state index < -0.39 is 5.25 Å².